The highest BCUT2D eigenvalue weighted by Crippen LogP contribution is 2.43. The van der Waals surface area contributed by atoms with Crippen LogP contribution in [0.15, 0.2) is 47.5 Å². The second-order valence-electron chi connectivity index (χ2n) is 11.2. The first-order chi connectivity index (χ1) is 18.9. The molecule has 1 N–H and O–H groups in total. The first-order valence-electron chi connectivity index (χ1n) is 13.8. The minimum Gasteiger partial charge on any atom is -0.491 e. The Labute approximate surface area is 226 Å². The van der Waals surface area contributed by atoms with Crippen molar-refractivity contribution in [2.24, 2.45) is 0 Å². The summed E-state index contributed by atoms with van der Waals surface area (Å²) >= 11 is 0. The lowest BCUT2D eigenvalue weighted by atomic mass is 9.95. The molecule has 39 heavy (non-hydrogen) atoms. The molecule has 8 heteroatoms. The predicted molar refractivity (Wildman–Crippen MR) is 154 cm³/mol. The summed E-state index contributed by atoms with van der Waals surface area (Å²) in [6.45, 7) is 9.80. The molecule has 0 unspecified atom stereocenters. The molecule has 2 aromatic carbocycles. The van der Waals surface area contributed by atoms with Crippen LogP contribution in [0.25, 0.3) is 38.6 Å². The number of nitrogens with zero attached hydrogens (tertiary/aromatic N) is 5. The van der Waals surface area contributed by atoms with E-state index in [1.54, 1.807) is 4.57 Å². The minimum absolute atomic E-state index is 0.129. The Morgan fingerprint density at radius 1 is 1.10 bits per heavy atom. The van der Waals surface area contributed by atoms with Gasteiger partial charge in [-0.05, 0) is 85.5 Å². The van der Waals surface area contributed by atoms with E-state index in [-0.39, 0.29) is 17.6 Å². The van der Waals surface area contributed by atoms with Crippen LogP contribution in [0.5, 0.6) is 5.75 Å². The largest absolute Gasteiger partial charge is 0.491 e. The number of anilines is 1. The lowest BCUT2D eigenvalue weighted by Crippen LogP contribution is -2.43. The third-order valence-corrected chi connectivity index (χ3v) is 8.32. The Morgan fingerprint density at radius 2 is 1.97 bits per heavy atom. The number of aromatic amines is 1. The molecular formula is C31H32N6O2. The van der Waals surface area contributed by atoms with Gasteiger partial charge in [0.15, 0.2) is 0 Å². The average molecular weight is 521 g/mol. The second-order valence-corrected chi connectivity index (χ2v) is 11.2. The Morgan fingerprint density at radius 3 is 2.82 bits per heavy atom. The van der Waals surface area contributed by atoms with Crippen molar-refractivity contribution in [2.45, 2.75) is 58.9 Å². The number of fused-ring (bicyclic) bond motifs is 3. The molecular weight excluding hydrogens is 488 g/mol. The summed E-state index contributed by atoms with van der Waals surface area (Å²) in [6.07, 6.45) is 6.95. The average Bonchev–Trinajstić information content (AvgIpc) is 3.34. The van der Waals surface area contributed by atoms with Gasteiger partial charge in [-0.15, -0.1) is 0 Å². The SMILES string of the molecule is Cc1ccnc(C(C)C)c1-n1c(=O)nc2c3c(cc(-c4c(C)ccc5[nH]ncc45)cc31)OC[C@@H]1CCCCN21. The summed E-state index contributed by atoms with van der Waals surface area (Å²) in [7, 11) is 0. The van der Waals surface area contributed by atoms with Crippen molar-refractivity contribution >= 4 is 27.6 Å². The normalized spacial score (nSPS) is 16.9. The van der Waals surface area contributed by atoms with Gasteiger partial charge >= 0.3 is 5.69 Å². The van der Waals surface area contributed by atoms with E-state index in [0.717, 1.165) is 92.8 Å². The van der Waals surface area contributed by atoms with Gasteiger partial charge in [0.25, 0.3) is 0 Å². The molecule has 0 saturated carbocycles. The molecule has 0 bridgehead atoms. The maximum atomic E-state index is 14.1. The van der Waals surface area contributed by atoms with Gasteiger partial charge in [-0.1, -0.05) is 19.9 Å². The molecule has 1 saturated heterocycles. The Hall–Kier alpha value is -4.20. The number of aromatic nitrogens is 5. The zero-order chi connectivity index (χ0) is 26.8. The van der Waals surface area contributed by atoms with Crippen molar-refractivity contribution < 1.29 is 4.74 Å². The minimum atomic E-state index is -0.289. The van der Waals surface area contributed by atoms with Gasteiger partial charge in [-0.25, -0.2) is 4.79 Å². The topological polar surface area (TPSA) is 88.9 Å². The van der Waals surface area contributed by atoms with Gasteiger partial charge in [0.2, 0.25) is 0 Å². The van der Waals surface area contributed by atoms with E-state index in [1.807, 2.05) is 25.4 Å². The monoisotopic (exact) mass is 520 g/mol. The third kappa shape index (κ3) is 3.65. The van der Waals surface area contributed by atoms with Crippen LogP contribution < -0.4 is 15.3 Å². The number of benzene rings is 2. The number of hydrogen-bond donors (Lipinski definition) is 1. The fourth-order valence-electron chi connectivity index (χ4n) is 6.42. The van der Waals surface area contributed by atoms with Gasteiger partial charge in [0.1, 0.15) is 18.2 Å². The van der Waals surface area contributed by atoms with Crippen molar-refractivity contribution in [2.75, 3.05) is 18.1 Å². The molecule has 8 nitrogen and oxygen atoms in total. The molecule has 2 aliphatic heterocycles. The zero-order valence-corrected chi connectivity index (χ0v) is 22.8. The maximum Gasteiger partial charge on any atom is 0.354 e. The van der Waals surface area contributed by atoms with Crippen LogP contribution in [0, 0.1) is 13.8 Å². The number of piperidine rings is 1. The van der Waals surface area contributed by atoms with Crippen molar-refractivity contribution in [1.82, 2.24) is 24.7 Å². The Balaban J connectivity index is 1.63. The van der Waals surface area contributed by atoms with Crippen LogP contribution >= 0.6 is 0 Å². The summed E-state index contributed by atoms with van der Waals surface area (Å²) in [5.74, 6) is 1.63. The number of aryl methyl sites for hydroxylation is 2. The van der Waals surface area contributed by atoms with E-state index in [9.17, 15) is 4.79 Å². The highest BCUT2D eigenvalue weighted by atomic mass is 16.5. The van der Waals surface area contributed by atoms with Gasteiger partial charge in [0, 0.05) is 18.1 Å². The number of rotatable bonds is 3. The highest BCUT2D eigenvalue weighted by molar-refractivity contribution is 6.03. The van der Waals surface area contributed by atoms with Gasteiger partial charge in [-0.2, -0.15) is 10.1 Å². The quantitative estimate of drug-likeness (QED) is 0.323. The van der Waals surface area contributed by atoms with E-state index in [0.29, 0.717) is 6.61 Å². The lowest BCUT2D eigenvalue weighted by Gasteiger charge is -2.35. The van der Waals surface area contributed by atoms with Crippen LogP contribution in [0.4, 0.5) is 5.82 Å². The second kappa shape index (κ2) is 8.93. The molecule has 5 heterocycles. The number of nitrogens with one attached hydrogen (secondary N) is 1. The molecule has 0 aliphatic carbocycles. The summed E-state index contributed by atoms with van der Waals surface area (Å²) in [5, 5.41) is 9.33. The van der Waals surface area contributed by atoms with E-state index in [1.165, 1.54) is 0 Å². The van der Waals surface area contributed by atoms with Crippen LogP contribution in [-0.2, 0) is 0 Å². The highest BCUT2D eigenvalue weighted by Gasteiger charge is 2.32. The van der Waals surface area contributed by atoms with Crippen molar-refractivity contribution in [3.8, 4) is 22.6 Å². The molecule has 0 spiro atoms. The fraction of sp³-hybridized carbons (Fsp3) is 0.355. The summed E-state index contributed by atoms with van der Waals surface area (Å²) in [5.41, 5.74) is 7.33. The lowest BCUT2D eigenvalue weighted by molar-refractivity contribution is 0.267. The van der Waals surface area contributed by atoms with E-state index in [2.05, 4.69) is 60.1 Å². The van der Waals surface area contributed by atoms with Crippen LogP contribution in [-0.4, -0.2) is 43.9 Å². The third-order valence-electron chi connectivity index (χ3n) is 8.32. The molecule has 3 aromatic heterocycles. The summed E-state index contributed by atoms with van der Waals surface area (Å²) in [4.78, 5) is 25.9. The maximum absolute atomic E-state index is 14.1. The molecule has 1 fully saturated rings. The summed E-state index contributed by atoms with van der Waals surface area (Å²) < 4.78 is 8.35. The van der Waals surface area contributed by atoms with Crippen LogP contribution in [0.1, 0.15) is 55.8 Å². The summed E-state index contributed by atoms with van der Waals surface area (Å²) in [6, 6.07) is 10.6. The molecule has 2 aliphatic rings. The number of hydrogen-bond acceptors (Lipinski definition) is 6. The predicted octanol–water partition coefficient (Wildman–Crippen LogP) is 5.82. The van der Waals surface area contributed by atoms with Gasteiger partial charge in [0.05, 0.1) is 40.0 Å². The van der Waals surface area contributed by atoms with E-state index >= 15 is 0 Å². The van der Waals surface area contributed by atoms with Gasteiger partial charge < -0.3 is 9.64 Å². The molecule has 0 amide bonds. The van der Waals surface area contributed by atoms with Crippen molar-refractivity contribution in [3.05, 3.63) is 70.0 Å². The van der Waals surface area contributed by atoms with Crippen molar-refractivity contribution in [3.63, 3.8) is 0 Å². The molecule has 198 valence electrons. The molecule has 5 aromatic rings. The molecule has 1 atom stereocenters. The number of ether oxygens (including phenoxy) is 1. The van der Waals surface area contributed by atoms with Crippen LogP contribution in [0.2, 0.25) is 0 Å². The smallest absolute Gasteiger partial charge is 0.354 e. The molecule has 0 radical (unpaired) electrons. The first-order valence-corrected chi connectivity index (χ1v) is 13.8. The van der Waals surface area contributed by atoms with E-state index in [4.69, 9.17) is 14.7 Å². The standard InChI is InChI=1S/C31H32N6O2/c1-17(2)28-29(19(4)10-11-32-28)37-24-13-20(26-18(3)8-9-23-22(26)15-33-35-23)14-25-27(24)30(34-31(37)38)36-12-6-5-7-21(36)16-39-25/h8-11,13-15,17,21H,5-7,12,16H2,1-4H3,(H,33,35)/t21-/m0/s1. The van der Waals surface area contributed by atoms with Gasteiger partial charge in [-0.3, -0.25) is 14.6 Å². The Kier molecular flexibility index (Phi) is 5.47. The fourth-order valence-corrected chi connectivity index (χ4v) is 6.42. The van der Waals surface area contributed by atoms with Crippen LogP contribution in [0.3, 0.4) is 0 Å². The number of pyridine rings is 1. The zero-order valence-electron chi connectivity index (χ0n) is 22.8. The Bertz CT molecular complexity index is 1820. The van der Waals surface area contributed by atoms with E-state index < -0.39 is 0 Å². The number of H-pyrrole nitrogens is 1. The first kappa shape index (κ1) is 23.9. The molecule has 7 rings (SSSR count). The van der Waals surface area contributed by atoms with Crippen molar-refractivity contribution in [1.29, 1.82) is 0 Å².